The van der Waals surface area contributed by atoms with Crippen molar-refractivity contribution in [2.75, 3.05) is 6.26 Å². The van der Waals surface area contributed by atoms with Crippen molar-refractivity contribution in [1.82, 2.24) is 0 Å². The van der Waals surface area contributed by atoms with Crippen molar-refractivity contribution in [3.63, 3.8) is 0 Å². The Balaban J connectivity index is 4.42. The maximum Gasteiger partial charge on any atom is 0.153 e. The van der Waals surface area contributed by atoms with Crippen LogP contribution in [-0.4, -0.2) is 31.1 Å². The van der Waals surface area contributed by atoms with Crippen molar-refractivity contribution in [1.29, 1.82) is 0 Å². The van der Waals surface area contributed by atoms with Crippen molar-refractivity contribution in [2.24, 2.45) is 0 Å². The Morgan fingerprint density at radius 1 is 1.60 bits per heavy atom. The Morgan fingerprint density at radius 3 is 2.10 bits per heavy atom. The molecule has 0 fully saturated rings. The lowest BCUT2D eigenvalue weighted by Gasteiger charge is -2.10. The van der Waals surface area contributed by atoms with E-state index in [1.54, 1.807) is 0 Å². The molecule has 4 heteroatoms. The first-order chi connectivity index (χ1) is 4.39. The molecule has 3 nitrogen and oxygen atoms in total. The predicted molar refractivity (Wildman–Crippen MR) is 39.1 cm³/mol. The summed E-state index contributed by atoms with van der Waals surface area (Å²) in [5.74, 6) is 1.95. The van der Waals surface area contributed by atoms with Gasteiger partial charge in [-0.05, 0) is 6.92 Å². The summed E-state index contributed by atoms with van der Waals surface area (Å²) >= 11 is 0. The minimum Gasteiger partial charge on any atom is -0.379 e. The Kier molecular flexibility index (Phi) is 2.88. The molecule has 1 N–H and O–H groups in total. The lowest BCUT2D eigenvalue weighted by Crippen LogP contribution is -2.29. The van der Waals surface area contributed by atoms with Gasteiger partial charge >= 0.3 is 0 Å². The summed E-state index contributed by atoms with van der Waals surface area (Å²) in [6, 6.07) is 0. The SMILES string of the molecule is C#CC(O)C(C)S(C)(=O)=O. The third-order valence-electron chi connectivity index (χ3n) is 1.29. The highest BCUT2D eigenvalue weighted by atomic mass is 32.2. The number of aliphatic hydroxyl groups is 1. The van der Waals surface area contributed by atoms with E-state index in [1.807, 2.05) is 5.92 Å². The number of aliphatic hydroxyl groups excluding tert-OH is 1. The van der Waals surface area contributed by atoms with Gasteiger partial charge in [0.15, 0.2) is 9.84 Å². The second-order valence-electron chi connectivity index (χ2n) is 2.15. The highest BCUT2D eigenvalue weighted by molar-refractivity contribution is 7.91. The molecule has 0 bridgehead atoms. The average Bonchev–Trinajstić information content (AvgIpc) is 1.83. The van der Waals surface area contributed by atoms with Crippen molar-refractivity contribution in [3.8, 4) is 12.3 Å². The van der Waals surface area contributed by atoms with Crippen molar-refractivity contribution in [2.45, 2.75) is 18.3 Å². The summed E-state index contributed by atoms with van der Waals surface area (Å²) in [5, 5.41) is 7.97. The van der Waals surface area contributed by atoms with E-state index in [4.69, 9.17) is 11.5 Å². The summed E-state index contributed by atoms with van der Waals surface area (Å²) in [5.41, 5.74) is 0. The van der Waals surface area contributed by atoms with E-state index in [2.05, 4.69) is 0 Å². The first kappa shape index (κ1) is 9.47. The van der Waals surface area contributed by atoms with Crippen LogP contribution in [0.4, 0.5) is 0 Å². The Labute approximate surface area is 61.0 Å². The molecule has 2 atom stereocenters. The van der Waals surface area contributed by atoms with Gasteiger partial charge in [-0.2, -0.15) is 0 Å². The predicted octanol–water partition coefficient (Wildman–Crippen LogP) is -0.586. The van der Waals surface area contributed by atoms with Crippen LogP contribution in [0.3, 0.4) is 0 Å². The zero-order chi connectivity index (χ0) is 8.36. The Hall–Kier alpha value is -0.530. The van der Waals surface area contributed by atoms with Gasteiger partial charge in [0.1, 0.15) is 6.10 Å². The van der Waals surface area contributed by atoms with Gasteiger partial charge < -0.3 is 5.11 Å². The monoisotopic (exact) mass is 162 g/mol. The topological polar surface area (TPSA) is 54.4 Å². The summed E-state index contributed by atoms with van der Waals surface area (Å²) in [6.07, 6.45) is 4.65. The summed E-state index contributed by atoms with van der Waals surface area (Å²) in [7, 11) is -3.21. The summed E-state index contributed by atoms with van der Waals surface area (Å²) in [4.78, 5) is 0. The number of sulfone groups is 1. The lowest BCUT2D eigenvalue weighted by molar-refractivity contribution is 0.230. The number of rotatable bonds is 2. The number of hydrogen-bond acceptors (Lipinski definition) is 3. The van der Waals surface area contributed by atoms with Gasteiger partial charge in [-0.15, -0.1) is 6.42 Å². The van der Waals surface area contributed by atoms with Crippen LogP contribution < -0.4 is 0 Å². The van der Waals surface area contributed by atoms with Gasteiger partial charge in [-0.1, -0.05) is 5.92 Å². The molecule has 0 saturated carbocycles. The molecule has 2 unspecified atom stereocenters. The molecule has 0 radical (unpaired) electrons. The van der Waals surface area contributed by atoms with Crippen LogP contribution in [0.25, 0.3) is 0 Å². The molecule has 0 aromatic carbocycles. The fourth-order valence-electron chi connectivity index (χ4n) is 0.370. The lowest BCUT2D eigenvalue weighted by atomic mass is 10.3. The van der Waals surface area contributed by atoms with Gasteiger partial charge in [0, 0.05) is 6.26 Å². The third kappa shape index (κ3) is 2.38. The van der Waals surface area contributed by atoms with Crippen molar-refractivity contribution >= 4 is 9.84 Å². The minimum atomic E-state index is -3.21. The molecule has 0 aromatic heterocycles. The van der Waals surface area contributed by atoms with Gasteiger partial charge in [0.05, 0.1) is 5.25 Å². The van der Waals surface area contributed by atoms with E-state index in [0.29, 0.717) is 0 Å². The Morgan fingerprint density at radius 2 is 2.00 bits per heavy atom. The molecule has 0 aliphatic rings. The molecular formula is C6H10O3S. The summed E-state index contributed by atoms with van der Waals surface area (Å²) in [6.45, 7) is 1.37. The standard InChI is InChI=1S/C6H10O3S/c1-4-6(7)5(2)10(3,8)9/h1,5-7H,2-3H3. The minimum absolute atomic E-state index is 0.877. The van der Waals surface area contributed by atoms with Crippen LogP contribution in [0.5, 0.6) is 0 Å². The molecule has 0 aliphatic carbocycles. The molecule has 0 saturated heterocycles. The van der Waals surface area contributed by atoms with Crippen molar-refractivity contribution < 1.29 is 13.5 Å². The maximum atomic E-state index is 10.7. The van der Waals surface area contributed by atoms with Gasteiger partial charge in [-0.3, -0.25) is 0 Å². The molecule has 0 heterocycles. The Bertz CT molecular complexity index is 234. The van der Waals surface area contributed by atoms with Gasteiger partial charge in [0.25, 0.3) is 0 Å². The van der Waals surface area contributed by atoms with Crippen LogP contribution in [0.1, 0.15) is 6.92 Å². The second-order valence-corrected chi connectivity index (χ2v) is 4.55. The zero-order valence-electron chi connectivity index (χ0n) is 5.90. The third-order valence-corrected chi connectivity index (χ3v) is 2.90. The first-order valence-electron chi connectivity index (χ1n) is 2.72. The van der Waals surface area contributed by atoms with Crippen LogP contribution in [0, 0.1) is 12.3 Å². The highest BCUT2D eigenvalue weighted by Crippen LogP contribution is 2.02. The molecule has 0 aromatic rings. The molecule has 0 rings (SSSR count). The van der Waals surface area contributed by atoms with E-state index >= 15 is 0 Å². The maximum absolute atomic E-state index is 10.7. The molecule has 10 heavy (non-hydrogen) atoms. The summed E-state index contributed by atoms with van der Waals surface area (Å²) < 4.78 is 21.4. The van der Waals surface area contributed by atoms with Crippen LogP contribution in [0.2, 0.25) is 0 Å². The van der Waals surface area contributed by atoms with E-state index in [-0.39, 0.29) is 0 Å². The largest absolute Gasteiger partial charge is 0.379 e. The number of hydrogen-bond donors (Lipinski definition) is 1. The molecular weight excluding hydrogens is 152 g/mol. The van der Waals surface area contributed by atoms with E-state index < -0.39 is 21.2 Å². The van der Waals surface area contributed by atoms with Crippen LogP contribution >= 0.6 is 0 Å². The quantitative estimate of drug-likeness (QED) is 0.552. The molecule has 0 amide bonds. The fourth-order valence-corrected chi connectivity index (χ4v) is 0.917. The molecule has 58 valence electrons. The molecule has 0 aliphatic heterocycles. The van der Waals surface area contributed by atoms with Gasteiger partial charge in [-0.25, -0.2) is 8.42 Å². The smallest absolute Gasteiger partial charge is 0.153 e. The molecule has 0 spiro atoms. The fraction of sp³-hybridized carbons (Fsp3) is 0.667. The average molecular weight is 162 g/mol. The highest BCUT2D eigenvalue weighted by Gasteiger charge is 2.21. The second kappa shape index (κ2) is 3.04. The number of terminal acetylenes is 1. The van der Waals surface area contributed by atoms with Crippen LogP contribution in [0.15, 0.2) is 0 Å². The zero-order valence-corrected chi connectivity index (χ0v) is 6.72. The van der Waals surface area contributed by atoms with Crippen molar-refractivity contribution in [3.05, 3.63) is 0 Å². The normalized spacial score (nSPS) is 17.4. The van der Waals surface area contributed by atoms with Gasteiger partial charge in [0.2, 0.25) is 0 Å². The van der Waals surface area contributed by atoms with E-state index in [9.17, 15) is 8.42 Å². The van der Waals surface area contributed by atoms with E-state index in [1.165, 1.54) is 6.92 Å². The first-order valence-corrected chi connectivity index (χ1v) is 4.68. The van der Waals surface area contributed by atoms with Crippen LogP contribution in [-0.2, 0) is 9.84 Å². The van der Waals surface area contributed by atoms with E-state index in [0.717, 1.165) is 6.26 Å².